The maximum absolute atomic E-state index is 11.7. The van der Waals surface area contributed by atoms with E-state index >= 15 is 0 Å². The predicted molar refractivity (Wildman–Crippen MR) is 57.4 cm³/mol. The Balaban J connectivity index is 2.36. The van der Waals surface area contributed by atoms with Crippen molar-refractivity contribution in [3.05, 3.63) is 0 Å². The molecule has 1 saturated heterocycles. The Morgan fingerprint density at radius 3 is 2.73 bits per heavy atom. The van der Waals surface area contributed by atoms with E-state index in [2.05, 4.69) is 5.32 Å². The fourth-order valence-electron chi connectivity index (χ4n) is 1.51. The summed E-state index contributed by atoms with van der Waals surface area (Å²) < 4.78 is 5.35. The topological polar surface area (TPSA) is 58.6 Å². The van der Waals surface area contributed by atoms with Crippen LogP contribution in [0.25, 0.3) is 0 Å². The van der Waals surface area contributed by atoms with Crippen LogP contribution in [-0.2, 0) is 9.53 Å². The molecule has 2 N–H and O–H groups in total. The summed E-state index contributed by atoms with van der Waals surface area (Å²) in [7, 11) is 0. The molecule has 4 heteroatoms. The molecule has 0 aromatic carbocycles. The van der Waals surface area contributed by atoms with Gasteiger partial charge in [0.05, 0.1) is 0 Å². The van der Waals surface area contributed by atoms with Gasteiger partial charge in [0.2, 0.25) is 5.91 Å². The smallest absolute Gasteiger partial charge is 0.249 e. The number of nitrogens with one attached hydrogen (secondary N) is 1. The maximum atomic E-state index is 11.7. The van der Waals surface area contributed by atoms with Gasteiger partial charge in [-0.05, 0) is 12.3 Å². The first kappa shape index (κ1) is 12.5. The first-order valence-electron chi connectivity index (χ1n) is 5.46. The van der Waals surface area contributed by atoms with Gasteiger partial charge in [-0.1, -0.05) is 20.8 Å². The molecule has 15 heavy (non-hydrogen) atoms. The number of aliphatic hydroxyl groups is 1. The molecule has 0 bridgehead atoms. The van der Waals surface area contributed by atoms with Crippen molar-refractivity contribution in [1.29, 1.82) is 0 Å². The van der Waals surface area contributed by atoms with Crippen molar-refractivity contribution in [3.63, 3.8) is 0 Å². The lowest BCUT2D eigenvalue weighted by molar-refractivity contribution is -0.132. The molecule has 0 saturated carbocycles. The first-order valence-corrected chi connectivity index (χ1v) is 5.46. The average molecular weight is 215 g/mol. The molecule has 1 amide bonds. The molecule has 1 aliphatic rings. The lowest BCUT2D eigenvalue weighted by Gasteiger charge is -2.23. The maximum Gasteiger partial charge on any atom is 0.249 e. The van der Waals surface area contributed by atoms with E-state index in [0.717, 1.165) is 6.42 Å². The van der Waals surface area contributed by atoms with Gasteiger partial charge in [0.25, 0.3) is 0 Å². The Morgan fingerprint density at radius 1 is 1.60 bits per heavy atom. The standard InChI is InChI=1S/C11H21NO3/c1-8-4-5-15-9(8)10(14)12-6-11(2,3)7-13/h8-9,13H,4-7H2,1-3H3,(H,12,14). The lowest BCUT2D eigenvalue weighted by atomic mass is 9.94. The molecule has 0 aliphatic carbocycles. The minimum Gasteiger partial charge on any atom is -0.396 e. The molecular weight excluding hydrogens is 194 g/mol. The summed E-state index contributed by atoms with van der Waals surface area (Å²) in [5.74, 6) is 0.240. The molecule has 2 unspecified atom stereocenters. The van der Waals surface area contributed by atoms with Gasteiger partial charge in [-0.3, -0.25) is 4.79 Å². The Labute approximate surface area is 91.0 Å². The van der Waals surface area contributed by atoms with Crippen LogP contribution < -0.4 is 5.32 Å². The molecule has 1 fully saturated rings. The minimum absolute atomic E-state index is 0.0541. The third-order valence-corrected chi connectivity index (χ3v) is 2.82. The van der Waals surface area contributed by atoms with E-state index in [0.29, 0.717) is 19.1 Å². The highest BCUT2D eigenvalue weighted by atomic mass is 16.5. The van der Waals surface area contributed by atoms with Gasteiger partial charge >= 0.3 is 0 Å². The van der Waals surface area contributed by atoms with Crippen molar-refractivity contribution < 1.29 is 14.6 Å². The molecular formula is C11H21NO3. The van der Waals surface area contributed by atoms with Crippen LogP contribution in [0.1, 0.15) is 27.2 Å². The Bertz CT molecular complexity index is 228. The van der Waals surface area contributed by atoms with E-state index in [1.165, 1.54) is 0 Å². The molecule has 2 atom stereocenters. The highest BCUT2D eigenvalue weighted by Crippen LogP contribution is 2.20. The molecule has 0 spiro atoms. The number of hydrogen-bond acceptors (Lipinski definition) is 3. The molecule has 0 radical (unpaired) electrons. The number of aliphatic hydroxyl groups excluding tert-OH is 1. The van der Waals surface area contributed by atoms with Crippen LogP contribution in [0.4, 0.5) is 0 Å². The lowest BCUT2D eigenvalue weighted by Crippen LogP contribution is -2.42. The summed E-state index contributed by atoms with van der Waals surface area (Å²) in [4.78, 5) is 11.7. The highest BCUT2D eigenvalue weighted by molar-refractivity contribution is 5.81. The zero-order chi connectivity index (χ0) is 11.5. The number of carbonyl (C=O) groups excluding carboxylic acids is 1. The minimum atomic E-state index is -0.306. The Kier molecular flexibility index (Phi) is 4.11. The Hall–Kier alpha value is -0.610. The normalized spacial score (nSPS) is 26.7. The molecule has 88 valence electrons. The summed E-state index contributed by atoms with van der Waals surface area (Å²) in [6, 6.07) is 0. The number of amides is 1. The van der Waals surface area contributed by atoms with Gasteiger partial charge < -0.3 is 15.2 Å². The van der Waals surface area contributed by atoms with Crippen molar-refractivity contribution >= 4 is 5.91 Å². The molecule has 4 nitrogen and oxygen atoms in total. The summed E-state index contributed by atoms with van der Waals surface area (Å²) in [6.07, 6.45) is 0.640. The second-order valence-electron chi connectivity index (χ2n) is 5.10. The van der Waals surface area contributed by atoms with Crippen LogP contribution in [-0.4, -0.2) is 36.9 Å². The first-order chi connectivity index (χ1) is 6.96. The number of carbonyl (C=O) groups is 1. The summed E-state index contributed by atoms with van der Waals surface area (Å²) in [5, 5.41) is 11.9. The van der Waals surface area contributed by atoms with Gasteiger partial charge in [0.1, 0.15) is 6.10 Å². The second kappa shape index (κ2) is 4.94. The summed E-state index contributed by atoms with van der Waals surface area (Å²) in [5.41, 5.74) is -0.266. The van der Waals surface area contributed by atoms with Gasteiger partial charge in [0.15, 0.2) is 0 Å². The van der Waals surface area contributed by atoms with E-state index < -0.39 is 0 Å². The zero-order valence-electron chi connectivity index (χ0n) is 9.75. The Morgan fingerprint density at radius 2 is 2.27 bits per heavy atom. The van der Waals surface area contributed by atoms with Crippen LogP contribution in [0.2, 0.25) is 0 Å². The average Bonchev–Trinajstić information content (AvgIpc) is 2.61. The highest BCUT2D eigenvalue weighted by Gasteiger charge is 2.31. The molecule has 0 aromatic heterocycles. The number of ether oxygens (including phenoxy) is 1. The largest absolute Gasteiger partial charge is 0.396 e. The van der Waals surface area contributed by atoms with E-state index in [1.807, 2.05) is 20.8 Å². The SMILES string of the molecule is CC1CCOC1C(=O)NCC(C)(C)CO. The predicted octanol–water partition coefficient (Wildman–Crippen LogP) is 0.546. The van der Waals surface area contributed by atoms with Crippen LogP contribution in [0.15, 0.2) is 0 Å². The van der Waals surface area contributed by atoms with Crippen LogP contribution >= 0.6 is 0 Å². The number of rotatable bonds is 4. The van der Waals surface area contributed by atoms with Gasteiger partial charge in [0, 0.05) is 25.2 Å². The van der Waals surface area contributed by atoms with Crippen LogP contribution in [0.5, 0.6) is 0 Å². The van der Waals surface area contributed by atoms with Crippen molar-refractivity contribution in [1.82, 2.24) is 5.32 Å². The molecule has 1 aliphatic heterocycles. The van der Waals surface area contributed by atoms with Gasteiger partial charge in [-0.15, -0.1) is 0 Å². The van der Waals surface area contributed by atoms with E-state index in [4.69, 9.17) is 9.84 Å². The van der Waals surface area contributed by atoms with Crippen molar-refractivity contribution in [2.75, 3.05) is 19.8 Å². The molecule has 1 rings (SSSR count). The fourth-order valence-corrected chi connectivity index (χ4v) is 1.51. The number of hydrogen-bond donors (Lipinski definition) is 2. The molecule has 1 heterocycles. The van der Waals surface area contributed by atoms with Crippen molar-refractivity contribution in [2.24, 2.45) is 11.3 Å². The van der Waals surface area contributed by atoms with Crippen LogP contribution in [0.3, 0.4) is 0 Å². The second-order valence-corrected chi connectivity index (χ2v) is 5.10. The van der Waals surface area contributed by atoms with Gasteiger partial charge in [-0.2, -0.15) is 0 Å². The zero-order valence-corrected chi connectivity index (χ0v) is 9.75. The quantitative estimate of drug-likeness (QED) is 0.720. The molecule has 0 aromatic rings. The third-order valence-electron chi connectivity index (χ3n) is 2.82. The van der Waals surface area contributed by atoms with E-state index in [1.54, 1.807) is 0 Å². The van der Waals surface area contributed by atoms with Crippen LogP contribution in [0, 0.1) is 11.3 Å². The monoisotopic (exact) mass is 215 g/mol. The summed E-state index contributed by atoms with van der Waals surface area (Å²) >= 11 is 0. The van der Waals surface area contributed by atoms with E-state index in [-0.39, 0.29) is 24.0 Å². The van der Waals surface area contributed by atoms with Crippen molar-refractivity contribution in [3.8, 4) is 0 Å². The fraction of sp³-hybridized carbons (Fsp3) is 0.909. The van der Waals surface area contributed by atoms with Gasteiger partial charge in [-0.25, -0.2) is 0 Å². The third kappa shape index (κ3) is 3.47. The summed E-state index contributed by atoms with van der Waals surface area (Å²) in [6.45, 7) is 7.05. The van der Waals surface area contributed by atoms with Crippen molar-refractivity contribution in [2.45, 2.75) is 33.3 Å². The van der Waals surface area contributed by atoms with E-state index in [9.17, 15) is 4.79 Å².